The summed E-state index contributed by atoms with van der Waals surface area (Å²) in [5.74, 6) is -0.410. The van der Waals surface area contributed by atoms with Crippen LogP contribution >= 0.6 is 46.6 Å². The number of halogens is 4. The average molecular weight is 551 g/mol. The van der Waals surface area contributed by atoms with Gasteiger partial charge < -0.3 is 9.73 Å². The van der Waals surface area contributed by atoms with E-state index in [4.69, 9.17) is 39.2 Å². The lowest BCUT2D eigenvalue weighted by molar-refractivity contribution is 0.334. The highest BCUT2D eigenvalue weighted by Crippen LogP contribution is 2.44. The molecular weight excluding hydrogens is 536 g/mol. The molecular formula is C22H15Cl3FN7OS. The average Bonchev–Trinajstić information content (AvgIpc) is 3.52. The van der Waals surface area contributed by atoms with Crippen LogP contribution in [0, 0.1) is 0 Å². The second-order valence-electron chi connectivity index (χ2n) is 7.35. The molecule has 2 atom stereocenters. The summed E-state index contributed by atoms with van der Waals surface area (Å²) in [7, 11) is 0. The molecule has 8 nitrogen and oxygen atoms in total. The Labute approximate surface area is 218 Å². The summed E-state index contributed by atoms with van der Waals surface area (Å²) in [5, 5.41) is 20.5. The van der Waals surface area contributed by atoms with Gasteiger partial charge in [-0.05, 0) is 36.4 Å². The third kappa shape index (κ3) is 4.92. The highest BCUT2D eigenvalue weighted by Gasteiger charge is 2.49. The number of anilines is 1. The van der Waals surface area contributed by atoms with Crippen LogP contribution in [0.4, 0.5) is 10.1 Å². The third-order valence-corrected chi connectivity index (χ3v) is 6.95. The molecule has 4 aromatic rings. The number of aromatic nitrogens is 5. The van der Waals surface area contributed by atoms with Crippen LogP contribution in [0.2, 0.25) is 10.0 Å². The second kappa shape index (κ2) is 9.98. The molecule has 1 aliphatic rings. The maximum Gasteiger partial charge on any atom is 0.277 e. The first-order valence-electron chi connectivity index (χ1n) is 10.2. The number of dihydropyridines is 1. The van der Waals surface area contributed by atoms with Gasteiger partial charge in [0.25, 0.3) is 5.22 Å². The van der Waals surface area contributed by atoms with Crippen molar-refractivity contribution in [1.82, 2.24) is 25.2 Å². The fraction of sp³-hybridized carbons (Fsp3) is 0.136. The minimum Gasteiger partial charge on any atom is -0.413 e. The van der Waals surface area contributed by atoms with Crippen molar-refractivity contribution in [1.29, 1.82) is 0 Å². The molecule has 5 rings (SSSR count). The van der Waals surface area contributed by atoms with Gasteiger partial charge in [0.2, 0.25) is 10.8 Å². The molecule has 2 unspecified atom stereocenters. The summed E-state index contributed by atoms with van der Waals surface area (Å²) < 4.78 is 22.3. The Morgan fingerprint density at radius 1 is 1.11 bits per heavy atom. The largest absolute Gasteiger partial charge is 0.413 e. The van der Waals surface area contributed by atoms with E-state index in [1.165, 1.54) is 24.1 Å². The number of para-hydroxylation sites is 1. The van der Waals surface area contributed by atoms with Gasteiger partial charge >= 0.3 is 0 Å². The van der Waals surface area contributed by atoms with Crippen molar-refractivity contribution in [3.8, 4) is 5.69 Å². The Balaban J connectivity index is 1.31. The summed E-state index contributed by atoms with van der Waals surface area (Å²) in [6.07, 6.45) is 3.34. The number of nitrogens with zero attached hydrogens (tertiary/aromatic N) is 6. The molecule has 0 fully saturated rings. The van der Waals surface area contributed by atoms with Crippen LogP contribution in [0.1, 0.15) is 11.6 Å². The second-order valence-corrected chi connectivity index (χ2v) is 9.72. The molecule has 2 aromatic heterocycles. The quantitative estimate of drug-likeness (QED) is 0.221. The number of rotatable bonds is 7. The molecule has 0 radical (unpaired) electrons. The van der Waals surface area contributed by atoms with E-state index in [1.54, 1.807) is 29.1 Å². The fourth-order valence-corrected chi connectivity index (χ4v) is 4.68. The van der Waals surface area contributed by atoms with Gasteiger partial charge in [0.15, 0.2) is 6.17 Å². The maximum absolute atomic E-state index is 15.0. The van der Waals surface area contributed by atoms with Gasteiger partial charge in [0, 0.05) is 22.7 Å². The van der Waals surface area contributed by atoms with Gasteiger partial charge in [-0.2, -0.15) is 0 Å². The minimum atomic E-state index is -1.80. The van der Waals surface area contributed by atoms with Crippen molar-refractivity contribution in [3.63, 3.8) is 0 Å². The predicted octanol–water partition coefficient (Wildman–Crippen LogP) is 6.06. The van der Waals surface area contributed by atoms with E-state index in [9.17, 15) is 4.39 Å². The number of allylic oxidation sites excluding steroid dienone is 1. The molecule has 35 heavy (non-hydrogen) atoms. The number of thioether (sulfide) groups is 1. The molecule has 0 aliphatic carbocycles. The number of alkyl halides is 1. The van der Waals surface area contributed by atoms with Gasteiger partial charge in [0.05, 0.1) is 22.6 Å². The van der Waals surface area contributed by atoms with E-state index in [0.29, 0.717) is 32.9 Å². The van der Waals surface area contributed by atoms with Crippen molar-refractivity contribution in [2.45, 2.75) is 22.0 Å². The normalized spacial score (nSPS) is 19.5. The molecule has 0 saturated heterocycles. The van der Waals surface area contributed by atoms with E-state index >= 15 is 0 Å². The van der Waals surface area contributed by atoms with Gasteiger partial charge in [-0.25, -0.2) is 9.07 Å². The first kappa shape index (κ1) is 23.8. The summed E-state index contributed by atoms with van der Waals surface area (Å²) in [6.45, 7) is 0. The number of hydrogen-bond acceptors (Lipinski definition) is 8. The van der Waals surface area contributed by atoms with E-state index < -0.39 is 16.9 Å². The highest BCUT2D eigenvalue weighted by atomic mass is 35.5. The lowest BCUT2D eigenvalue weighted by atomic mass is 10.0. The Kier molecular flexibility index (Phi) is 6.79. The van der Waals surface area contributed by atoms with Crippen LogP contribution in [0.3, 0.4) is 0 Å². The Bertz CT molecular complexity index is 1410. The molecule has 13 heteroatoms. The molecule has 1 N–H and O–H groups in total. The van der Waals surface area contributed by atoms with Crippen molar-refractivity contribution in [3.05, 3.63) is 88.3 Å². The van der Waals surface area contributed by atoms with Gasteiger partial charge in [-0.15, -0.1) is 15.3 Å². The van der Waals surface area contributed by atoms with Gasteiger partial charge in [0.1, 0.15) is 5.83 Å². The Morgan fingerprint density at radius 2 is 1.94 bits per heavy atom. The minimum absolute atomic E-state index is 0.114. The number of aliphatic imine (C=N–C) groups is 1. The van der Waals surface area contributed by atoms with E-state index in [2.05, 4.69) is 30.8 Å². The standard InChI is InChI=1S/C22H15Cl3FN7OS/c23-13-6-7-17(16(24)10-13)33-11-15(29-32-33)12-35-21-31-30-20(34-21)22(25)18(26)8-9-27-19(22)28-14-4-2-1-3-5-14/h1-11,19,28H,12H2. The van der Waals surface area contributed by atoms with E-state index in [0.717, 1.165) is 0 Å². The highest BCUT2D eigenvalue weighted by molar-refractivity contribution is 7.98. The zero-order valence-corrected chi connectivity index (χ0v) is 20.7. The predicted molar refractivity (Wildman–Crippen MR) is 134 cm³/mol. The number of hydrogen-bond donors (Lipinski definition) is 1. The van der Waals surface area contributed by atoms with Crippen molar-refractivity contribution >= 4 is 58.5 Å². The first-order valence-corrected chi connectivity index (χ1v) is 12.3. The molecule has 0 saturated carbocycles. The zero-order chi connectivity index (χ0) is 24.4. The van der Waals surface area contributed by atoms with Crippen LogP contribution in [0.15, 0.2) is 81.3 Å². The molecule has 0 bridgehead atoms. The SMILES string of the molecule is FC1=CC=NC(Nc2ccccc2)C1(Cl)c1nnc(SCc2cn(-c3ccc(Cl)cc3Cl)nn2)o1. The van der Waals surface area contributed by atoms with Crippen LogP contribution < -0.4 is 5.32 Å². The van der Waals surface area contributed by atoms with Crippen molar-refractivity contribution < 1.29 is 8.81 Å². The number of nitrogens with one attached hydrogen (secondary N) is 1. The molecule has 178 valence electrons. The summed E-state index contributed by atoms with van der Waals surface area (Å²) in [5.41, 5.74) is 1.99. The van der Waals surface area contributed by atoms with Crippen LogP contribution in [-0.4, -0.2) is 37.6 Å². The van der Waals surface area contributed by atoms with Gasteiger partial charge in [-0.1, -0.05) is 70.0 Å². The summed E-state index contributed by atoms with van der Waals surface area (Å²) >= 11 is 20.1. The molecule has 2 aromatic carbocycles. The van der Waals surface area contributed by atoms with Crippen molar-refractivity contribution in [2.24, 2.45) is 4.99 Å². The summed E-state index contributed by atoms with van der Waals surface area (Å²) in [4.78, 5) is 2.49. The maximum atomic E-state index is 15.0. The van der Waals surface area contributed by atoms with E-state index in [1.807, 2.05) is 30.3 Å². The first-order chi connectivity index (χ1) is 16.9. The lowest BCUT2D eigenvalue weighted by Crippen LogP contribution is -2.41. The molecule has 0 amide bonds. The fourth-order valence-electron chi connectivity index (χ4n) is 3.30. The molecule has 0 spiro atoms. The monoisotopic (exact) mass is 549 g/mol. The van der Waals surface area contributed by atoms with Gasteiger partial charge in [-0.3, -0.25) is 4.99 Å². The third-order valence-electron chi connectivity index (χ3n) is 5.02. The topological polar surface area (TPSA) is 94.0 Å². The Morgan fingerprint density at radius 3 is 2.74 bits per heavy atom. The zero-order valence-electron chi connectivity index (χ0n) is 17.6. The summed E-state index contributed by atoms with van der Waals surface area (Å²) in [6, 6.07) is 14.3. The smallest absolute Gasteiger partial charge is 0.277 e. The molecule has 3 heterocycles. The van der Waals surface area contributed by atoms with E-state index in [-0.39, 0.29) is 11.1 Å². The van der Waals surface area contributed by atoms with Crippen LogP contribution in [-0.2, 0) is 10.6 Å². The van der Waals surface area contributed by atoms with Crippen LogP contribution in [0.25, 0.3) is 5.69 Å². The number of benzene rings is 2. The lowest BCUT2D eigenvalue weighted by Gasteiger charge is -2.31. The molecule has 1 aliphatic heterocycles. The van der Waals surface area contributed by atoms with Crippen LogP contribution in [0.5, 0.6) is 0 Å². The Hall–Kier alpha value is -2.92. The van der Waals surface area contributed by atoms with Crippen molar-refractivity contribution in [2.75, 3.05) is 5.32 Å².